The van der Waals surface area contributed by atoms with Crippen LogP contribution in [0.3, 0.4) is 0 Å². The van der Waals surface area contributed by atoms with E-state index in [2.05, 4.69) is 25.5 Å². The molecule has 3 rings (SSSR count). The van der Waals surface area contributed by atoms with Crippen molar-refractivity contribution in [1.82, 2.24) is 24.7 Å². The topological polar surface area (TPSA) is 81.1 Å². The molecule has 0 radical (unpaired) electrons. The van der Waals surface area contributed by atoms with Crippen LogP contribution in [0.15, 0.2) is 29.2 Å². The minimum atomic E-state index is 0.443. The maximum Gasteiger partial charge on any atom is 0.245 e. The van der Waals surface area contributed by atoms with Gasteiger partial charge in [-0.15, -0.1) is 0 Å². The summed E-state index contributed by atoms with van der Waals surface area (Å²) in [4.78, 5) is 8.34. The molecule has 0 fully saturated rings. The predicted octanol–water partition coefficient (Wildman–Crippen LogP) is 1.03. The largest absolute Gasteiger partial charge is 0.359 e. The molecule has 0 aromatic carbocycles. The van der Waals surface area contributed by atoms with Gasteiger partial charge in [0.15, 0.2) is 11.6 Å². The summed E-state index contributed by atoms with van der Waals surface area (Å²) in [5.74, 6) is 1.89. The first-order valence-electron chi connectivity index (χ1n) is 5.14. The van der Waals surface area contributed by atoms with E-state index in [0.717, 1.165) is 11.3 Å². The Labute approximate surface area is 96.5 Å². The molecule has 0 spiro atoms. The van der Waals surface area contributed by atoms with E-state index in [0.29, 0.717) is 18.3 Å². The van der Waals surface area contributed by atoms with Crippen molar-refractivity contribution >= 4 is 11.3 Å². The summed E-state index contributed by atoms with van der Waals surface area (Å²) in [5, 5.41) is 11.0. The maximum atomic E-state index is 5.01. The number of nitrogens with one attached hydrogen (secondary N) is 1. The van der Waals surface area contributed by atoms with Gasteiger partial charge in [-0.2, -0.15) is 10.1 Å². The third kappa shape index (κ3) is 1.82. The number of nitrogens with zero attached hydrogens (tertiary/aromatic N) is 5. The molecule has 0 atom stereocenters. The van der Waals surface area contributed by atoms with E-state index in [1.54, 1.807) is 30.0 Å². The molecule has 1 N–H and O–H groups in total. The molecule has 3 heterocycles. The minimum Gasteiger partial charge on any atom is -0.359 e. The van der Waals surface area contributed by atoms with Crippen LogP contribution in [-0.2, 0) is 6.54 Å². The highest BCUT2D eigenvalue weighted by atomic mass is 16.5. The van der Waals surface area contributed by atoms with Crippen LogP contribution in [0.2, 0.25) is 0 Å². The fourth-order valence-electron chi connectivity index (χ4n) is 1.57. The first kappa shape index (κ1) is 9.76. The van der Waals surface area contributed by atoms with Gasteiger partial charge in [0, 0.05) is 12.4 Å². The summed E-state index contributed by atoms with van der Waals surface area (Å²) >= 11 is 0. The average molecular weight is 230 g/mol. The maximum absolute atomic E-state index is 5.01. The van der Waals surface area contributed by atoms with E-state index in [9.17, 15) is 0 Å². The van der Waals surface area contributed by atoms with Crippen molar-refractivity contribution in [3.63, 3.8) is 0 Å². The van der Waals surface area contributed by atoms with Crippen molar-refractivity contribution in [3.8, 4) is 0 Å². The Morgan fingerprint density at radius 1 is 1.41 bits per heavy atom. The second-order valence-electron chi connectivity index (χ2n) is 3.53. The van der Waals surface area contributed by atoms with E-state index in [-0.39, 0.29) is 0 Å². The molecule has 3 aromatic rings. The molecule has 7 nitrogen and oxygen atoms in total. The smallest absolute Gasteiger partial charge is 0.245 e. The van der Waals surface area contributed by atoms with E-state index < -0.39 is 0 Å². The van der Waals surface area contributed by atoms with Gasteiger partial charge in [-0.1, -0.05) is 5.16 Å². The Morgan fingerprint density at radius 2 is 2.35 bits per heavy atom. The third-order valence-electron chi connectivity index (χ3n) is 2.30. The van der Waals surface area contributed by atoms with E-state index >= 15 is 0 Å². The van der Waals surface area contributed by atoms with Crippen LogP contribution in [0.25, 0.3) is 5.52 Å². The lowest BCUT2D eigenvalue weighted by molar-refractivity contribution is 0.379. The van der Waals surface area contributed by atoms with Crippen molar-refractivity contribution in [2.45, 2.75) is 13.5 Å². The second kappa shape index (κ2) is 3.85. The van der Waals surface area contributed by atoms with Crippen molar-refractivity contribution in [1.29, 1.82) is 0 Å². The Hall–Kier alpha value is -2.44. The molecule has 86 valence electrons. The molecule has 0 saturated heterocycles. The van der Waals surface area contributed by atoms with Crippen LogP contribution in [0, 0.1) is 6.92 Å². The van der Waals surface area contributed by atoms with Crippen LogP contribution in [0.4, 0.5) is 5.82 Å². The van der Waals surface area contributed by atoms with Gasteiger partial charge in [0.2, 0.25) is 5.89 Å². The summed E-state index contributed by atoms with van der Waals surface area (Å²) in [5.41, 5.74) is 0.906. The summed E-state index contributed by atoms with van der Waals surface area (Å²) in [6, 6.07) is 1.88. The summed E-state index contributed by atoms with van der Waals surface area (Å²) < 4.78 is 6.75. The van der Waals surface area contributed by atoms with Gasteiger partial charge in [-0.3, -0.25) is 0 Å². The molecule has 0 unspecified atom stereocenters. The Morgan fingerprint density at radius 3 is 3.18 bits per heavy atom. The lowest BCUT2D eigenvalue weighted by atomic mass is 10.4. The predicted molar refractivity (Wildman–Crippen MR) is 59.3 cm³/mol. The van der Waals surface area contributed by atoms with Crippen molar-refractivity contribution in [2.75, 3.05) is 5.32 Å². The second-order valence-corrected chi connectivity index (χ2v) is 3.53. The third-order valence-corrected chi connectivity index (χ3v) is 2.30. The molecule has 7 heteroatoms. The number of aryl methyl sites for hydroxylation is 1. The van der Waals surface area contributed by atoms with Crippen LogP contribution < -0.4 is 5.32 Å². The zero-order chi connectivity index (χ0) is 11.7. The van der Waals surface area contributed by atoms with Crippen LogP contribution >= 0.6 is 0 Å². The number of anilines is 1. The quantitative estimate of drug-likeness (QED) is 0.723. The Bertz CT molecular complexity index is 643. The van der Waals surface area contributed by atoms with Gasteiger partial charge in [0.05, 0.1) is 12.7 Å². The van der Waals surface area contributed by atoms with Gasteiger partial charge in [-0.25, -0.2) is 9.50 Å². The molecule has 0 saturated carbocycles. The molecular formula is C10H10N6O. The van der Waals surface area contributed by atoms with Crippen molar-refractivity contribution < 1.29 is 4.52 Å². The monoisotopic (exact) mass is 230 g/mol. The van der Waals surface area contributed by atoms with Gasteiger partial charge in [0.25, 0.3) is 0 Å². The Balaban J connectivity index is 1.83. The zero-order valence-corrected chi connectivity index (χ0v) is 9.16. The number of fused-ring (bicyclic) bond motifs is 1. The molecule has 0 bridgehead atoms. The first-order valence-corrected chi connectivity index (χ1v) is 5.14. The van der Waals surface area contributed by atoms with Crippen molar-refractivity contribution in [3.05, 3.63) is 36.4 Å². The van der Waals surface area contributed by atoms with Crippen LogP contribution in [-0.4, -0.2) is 24.7 Å². The van der Waals surface area contributed by atoms with Gasteiger partial charge in [0.1, 0.15) is 5.52 Å². The lowest BCUT2D eigenvalue weighted by Crippen LogP contribution is -2.03. The SMILES string of the molecule is Cc1noc(CNc2nccn3nccc23)n1. The first-order chi connectivity index (χ1) is 8.33. The standard InChI is InChI=1S/C10H10N6O/c1-7-14-9(17-15-7)6-12-10-8-2-3-13-16(8)5-4-11-10/h2-5H,6H2,1H3,(H,11,12). The number of hydrogen-bond donors (Lipinski definition) is 1. The summed E-state index contributed by atoms with van der Waals surface area (Å²) in [6.07, 6.45) is 5.19. The van der Waals surface area contributed by atoms with Gasteiger partial charge < -0.3 is 9.84 Å². The molecule has 17 heavy (non-hydrogen) atoms. The average Bonchev–Trinajstić information content (AvgIpc) is 2.94. The fourth-order valence-corrected chi connectivity index (χ4v) is 1.57. The molecule has 0 aliphatic carbocycles. The minimum absolute atomic E-state index is 0.443. The van der Waals surface area contributed by atoms with Gasteiger partial charge >= 0.3 is 0 Å². The van der Waals surface area contributed by atoms with E-state index in [1.165, 1.54) is 0 Å². The number of hydrogen-bond acceptors (Lipinski definition) is 6. The number of aromatic nitrogens is 5. The highest BCUT2D eigenvalue weighted by molar-refractivity contribution is 5.66. The molecule has 0 aliphatic rings. The Kier molecular flexibility index (Phi) is 2.21. The lowest BCUT2D eigenvalue weighted by Gasteiger charge is -2.03. The van der Waals surface area contributed by atoms with Gasteiger partial charge in [-0.05, 0) is 13.0 Å². The highest BCUT2D eigenvalue weighted by Crippen LogP contribution is 2.13. The van der Waals surface area contributed by atoms with E-state index in [4.69, 9.17) is 4.52 Å². The van der Waals surface area contributed by atoms with E-state index in [1.807, 2.05) is 6.07 Å². The normalized spacial score (nSPS) is 10.9. The molecule has 0 amide bonds. The van der Waals surface area contributed by atoms with Crippen LogP contribution in [0.5, 0.6) is 0 Å². The van der Waals surface area contributed by atoms with Crippen LogP contribution in [0.1, 0.15) is 11.7 Å². The summed E-state index contributed by atoms with van der Waals surface area (Å²) in [7, 11) is 0. The number of rotatable bonds is 3. The molecule has 0 aliphatic heterocycles. The zero-order valence-electron chi connectivity index (χ0n) is 9.16. The molecule has 3 aromatic heterocycles. The molecular weight excluding hydrogens is 220 g/mol. The highest BCUT2D eigenvalue weighted by Gasteiger charge is 2.05. The summed E-state index contributed by atoms with van der Waals surface area (Å²) in [6.45, 7) is 2.22. The van der Waals surface area contributed by atoms with Crippen molar-refractivity contribution in [2.24, 2.45) is 0 Å². The fraction of sp³-hybridized carbons (Fsp3) is 0.200.